The molecule has 0 saturated heterocycles. The molecule has 1 rings (SSSR count). The molecule has 0 radical (unpaired) electrons. The zero-order chi connectivity index (χ0) is 14.3. The molecule has 104 valence electrons. The lowest BCUT2D eigenvalue weighted by Crippen LogP contribution is -2.33. The number of nitriles is 1. The highest BCUT2D eigenvalue weighted by atomic mass is 79.9. The molecule has 0 atom stereocenters. The van der Waals surface area contributed by atoms with Crippen LogP contribution in [0.4, 0.5) is 11.8 Å². The molecule has 19 heavy (non-hydrogen) atoms. The molecular formula is C13H20BrN5. The van der Waals surface area contributed by atoms with Crippen molar-refractivity contribution in [3.8, 4) is 6.07 Å². The summed E-state index contributed by atoms with van der Waals surface area (Å²) in [5.41, 5.74) is 0. The van der Waals surface area contributed by atoms with E-state index in [1.165, 1.54) is 0 Å². The molecule has 1 heterocycles. The Morgan fingerprint density at radius 3 is 2.84 bits per heavy atom. The van der Waals surface area contributed by atoms with Gasteiger partial charge in [0.1, 0.15) is 5.82 Å². The van der Waals surface area contributed by atoms with E-state index >= 15 is 0 Å². The van der Waals surface area contributed by atoms with Crippen LogP contribution in [0.3, 0.4) is 0 Å². The van der Waals surface area contributed by atoms with Crippen LogP contribution in [-0.2, 0) is 0 Å². The van der Waals surface area contributed by atoms with Gasteiger partial charge >= 0.3 is 0 Å². The molecule has 0 bridgehead atoms. The van der Waals surface area contributed by atoms with Gasteiger partial charge in [0.15, 0.2) is 0 Å². The number of anilines is 2. The molecule has 0 saturated carbocycles. The summed E-state index contributed by atoms with van der Waals surface area (Å²) in [6.45, 7) is 7.79. The van der Waals surface area contributed by atoms with E-state index < -0.39 is 0 Å². The van der Waals surface area contributed by atoms with Crippen molar-refractivity contribution >= 4 is 27.7 Å². The quantitative estimate of drug-likeness (QED) is 0.834. The van der Waals surface area contributed by atoms with Crippen molar-refractivity contribution in [1.29, 1.82) is 5.26 Å². The maximum absolute atomic E-state index is 8.75. The largest absolute Gasteiger partial charge is 0.354 e. The Labute approximate surface area is 123 Å². The Morgan fingerprint density at radius 2 is 2.26 bits per heavy atom. The van der Waals surface area contributed by atoms with Crippen LogP contribution in [0, 0.1) is 11.3 Å². The van der Waals surface area contributed by atoms with Crippen molar-refractivity contribution in [3.63, 3.8) is 0 Å². The molecule has 0 spiro atoms. The molecule has 6 heteroatoms. The molecule has 0 fully saturated rings. The Bertz CT molecular complexity index is 441. The van der Waals surface area contributed by atoms with E-state index in [-0.39, 0.29) is 6.04 Å². The molecule has 0 aliphatic heterocycles. The number of nitrogens with one attached hydrogen (secondary N) is 1. The topological polar surface area (TPSA) is 64.8 Å². The van der Waals surface area contributed by atoms with Gasteiger partial charge in [-0.2, -0.15) is 10.2 Å². The first-order chi connectivity index (χ1) is 9.10. The number of hydrogen-bond acceptors (Lipinski definition) is 5. The summed E-state index contributed by atoms with van der Waals surface area (Å²) in [7, 11) is 0. The molecule has 1 aromatic rings. The average molecular weight is 326 g/mol. The van der Waals surface area contributed by atoms with Crippen molar-refractivity contribution < 1.29 is 0 Å². The van der Waals surface area contributed by atoms with Crippen LogP contribution in [0.5, 0.6) is 0 Å². The second-order valence-electron chi connectivity index (χ2n) is 4.49. The molecule has 0 aliphatic carbocycles. The van der Waals surface area contributed by atoms with Gasteiger partial charge in [-0.25, -0.2) is 4.98 Å². The lowest BCUT2D eigenvalue weighted by molar-refractivity contribution is 0.674. The summed E-state index contributed by atoms with van der Waals surface area (Å²) in [6.07, 6.45) is 3.26. The van der Waals surface area contributed by atoms with E-state index in [2.05, 4.69) is 63.0 Å². The van der Waals surface area contributed by atoms with E-state index in [1.54, 1.807) is 6.20 Å². The lowest BCUT2D eigenvalue weighted by Gasteiger charge is -2.28. The zero-order valence-corrected chi connectivity index (χ0v) is 13.2. The summed E-state index contributed by atoms with van der Waals surface area (Å²) in [5.74, 6) is 1.46. The second-order valence-corrected chi connectivity index (χ2v) is 5.34. The van der Waals surface area contributed by atoms with Gasteiger partial charge in [0.2, 0.25) is 5.95 Å². The zero-order valence-electron chi connectivity index (χ0n) is 11.6. The third kappa shape index (κ3) is 4.67. The number of rotatable bonds is 7. The Kier molecular flexibility index (Phi) is 6.57. The highest BCUT2D eigenvalue weighted by Gasteiger charge is 2.16. The number of hydrogen-bond donors (Lipinski definition) is 1. The average Bonchev–Trinajstić information content (AvgIpc) is 2.39. The van der Waals surface area contributed by atoms with Crippen molar-refractivity contribution in [2.75, 3.05) is 23.3 Å². The molecule has 1 aromatic heterocycles. The Morgan fingerprint density at radius 1 is 1.53 bits per heavy atom. The van der Waals surface area contributed by atoms with Gasteiger partial charge in [-0.1, -0.05) is 6.92 Å². The van der Waals surface area contributed by atoms with Crippen LogP contribution in [-0.4, -0.2) is 29.1 Å². The first kappa shape index (κ1) is 15.7. The van der Waals surface area contributed by atoms with E-state index in [4.69, 9.17) is 5.26 Å². The van der Waals surface area contributed by atoms with Crippen molar-refractivity contribution in [2.45, 2.75) is 39.7 Å². The molecule has 5 nitrogen and oxygen atoms in total. The van der Waals surface area contributed by atoms with Crippen LogP contribution < -0.4 is 10.2 Å². The van der Waals surface area contributed by atoms with Gasteiger partial charge in [-0.3, -0.25) is 0 Å². The number of aromatic nitrogens is 2. The van der Waals surface area contributed by atoms with Gasteiger partial charge in [0.05, 0.1) is 17.0 Å². The Hall–Kier alpha value is -1.35. The smallest absolute Gasteiger partial charge is 0.224 e. The normalized spacial score (nSPS) is 10.3. The van der Waals surface area contributed by atoms with Gasteiger partial charge < -0.3 is 10.2 Å². The minimum absolute atomic E-state index is 0.276. The van der Waals surface area contributed by atoms with Gasteiger partial charge in [0, 0.05) is 25.3 Å². The fourth-order valence-electron chi connectivity index (χ4n) is 1.66. The summed E-state index contributed by atoms with van der Waals surface area (Å²) >= 11 is 3.48. The van der Waals surface area contributed by atoms with Gasteiger partial charge in [0.25, 0.3) is 0 Å². The molecule has 0 unspecified atom stereocenters. The minimum atomic E-state index is 0.276. The molecule has 1 N–H and O–H groups in total. The first-order valence-electron chi connectivity index (χ1n) is 6.50. The Balaban J connectivity index is 2.97. The maximum atomic E-state index is 8.75. The highest BCUT2D eigenvalue weighted by molar-refractivity contribution is 9.10. The van der Waals surface area contributed by atoms with Crippen molar-refractivity contribution in [2.24, 2.45) is 0 Å². The van der Waals surface area contributed by atoms with Crippen LogP contribution >= 0.6 is 15.9 Å². The summed E-state index contributed by atoms with van der Waals surface area (Å²) in [6, 6.07) is 2.45. The summed E-state index contributed by atoms with van der Waals surface area (Å²) in [4.78, 5) is 10.9. The van der Waals surface area contributed by atoms with Crippen LogP contribution in [0.15, 0.2) is 10.7 Å². The third-order valence-corrected chi connectivity index (χ3v) is 3.18. The van der Waals surface area contributed by atoms with Crippen molar-refractivity contribution in [3.05, 3.63) is 10.7 Å². The highest BCUT2D eigenvalue weighted by Crippen LogP contribution is 2.26. The van der Waals surface area contributed by atoms with E-state index in [0.29, 0.717) is 18.9 Å². The standard InChI is InChI=1S/C13H20BrN5/c1-4-7-16-13-17-9-11(14)12(18-13)19(10(2)3)8-5-6-15/h9-10H,4-5,7-8H2,1-3H3,(H,16,17,18). The monoisotopic (exact) mass is 325 g/mol. The molecular weight excluding hydrogens is 306 g/mol. The SMILES string of the molecule is CCCNc1ncc(Br)c(N(CCC#N)C(C)C)n1. The molecule has 0 amide bonds. The predicted molar refractivity (Wildman–Crippen MR) is 81.2 cm³/mol. The van der Waals surface area contributed by atoms with Crippen LogP contribution in [0.2, 0.25) is 0 Å². The van der Waals surface area contributed by atoms with E-state index in [1.807, 2.05) is 0 Å². The van der Waals surface area contributed by atoms with Gasteiger partial charge in [-0.05, 0) is 36.2 Å². The maximum Gasteiger partial charge on any atom is 0.224 e. The number of halogens is 1. The second kappa shape index (κ2) is 7.95. The summed E-state index contributed by atoms with van der Waals surface area (Å²) < 4.78 is 0.848. The fourth-order valence-corrected chi connectivity index (χ4v) is 2.08. The minimum Gasteiger partial charge on any atom is -0.354 e. The van der Waals surface area contributed by atoms with E-state index in [0.717, 1.165) is 23.3 Å². The van der Waals surface area contributed by atoms with Crippen molar-refractivity contribution in [1.82, 2.24) is 9.97 Å². The number of nitrogens with zero attached hydrogens (tertiary/aromatic N) is 4. The summed E-state index contributed by atoms with van der Waals surface area (Å²) in [5, 5.41) is 11.9. The fraction of sp³-hybridized carbons (Fsp3) is 0.615. The predicted octanol–water partition coefficient (Wildman–Crippen LogP) is 3.19. The first-order valence-corrected chi connectivity index (χ1v) is 7.29. The lowest BCUT2D eigenvalue weighted by atomic mass is 10.3. The van der Waals surface area contributed by atoms with Gasteiger partial charge in [-0.15, -0.1) is 0 Å². The van der Waals surface area contributed by atoms with Crippen LogP contribution in [0.1, 0.15) is 33.6 Å². The molecule has 0 aromatic carbocycles. The van der Waals surface area contributed by atoms with E-state index in [9.17, 15) is 0 Å². The molecule has 0 aliphatic rings. The van der Waals surface area contributed by atoms with Crippen LogP contribution in [0.25, 0.3) is 0 Å². The third-order valence-electron chi connectivity index (χ3n) is 2.62.